The number of tetrazole rings is 1. The average molecular weight is 437 g/mol. The van der Waals surface area contributed by atoms with Crippen molar-refractivity contribution in [1.29, 1.82) is 0 Å². The molecule has 1 aliphatic carbocycles. The number of pyridine rings is 1. The van der Waals surface area contributed by atoms with Crippen LogP contribution in [-0.2, 0) is 23.1 Å². The third-order valence-electron chi connectivity index (χ3n) is 5.23. The summed E-state index contributed by atoms with van der Waals surface area (Å²) in [6, 6.07) is 3.62. The highest BCUT2D eigenvalue weighted by atomic mass is 35.5. The predicted octanol–water partition coefficient (Wildman–Crippen LogP) is 2.22. The molecule has 1 amide bonds. The number of halogens is 1. The number of allylic oxidation sites excluding steroid dienone is 3. The summed E-state index contributed by atoms with van der Waals surface area (Å²) in [5.74, 6) is 0.159. The molecule has 4 rings (SSSR count). The molecule has 158 valence electrons. The minimum atomic E-state index is -0.722. The first-order valence-corrected chi connectivity index (χ1v) is 10.2. The van der Waals surface area contributed by atoms with Gasteiger partial charge in [0.1, 0.15) is 0 Å². The van der Waals surface area contributed by atoms with Gasteiger partial charge in [-0.05, 0) is 48.1 Å². The number of hydrogen-bond donors (Lipinski definition) is 1. The van der Waals surface area contributed by atoms with E-state index in [1.807, 2.05) is 26.0 Å². The zero-order chi connectivity index (χ0) is 22.0. The Morgan fingerprint density at radius 3 is 2.71 bits per heavy atom. The highest BCUT2D eigenvalue weighted by Crippen LogP contribution is 2.40. The number of nitrogens with two attached hydrogens (primary N) is 1. The minimum Gasteiger partial charge on any atom is -0.366 e. The van der Waals surface area contributed by atoms with Crippen molar-refractivity contribution < 1.29 is 4.79 Å². The molecule has 0 saturated heterocycles. The summed E-state index contributed by atoms with van der Waals surface area (Å²) in [4.78, 5) is 25.8. The number of carbonyl (C=O) groups excluding carboxylic acids is 1. The standard InChI is InChI=1S/C21H21ClN8O/c1-3-19-27-28-29-30(19)17-6-14(20(23)31)7-21(9-17,18-5-4-15(22)11-26-18)8-16-12-24-13(2)10-25-16/h4-6,9-12H,3,7-8H2,1-2H3,(H2,23,31). The van der Waals surface area contributed by atoms with Crippen molar-refractivity contribution in [1.82, 2.24) is 35.2 Å². The smallest absolute Gasteiger partial charge is 0.244 e. The van der Waals surface area contributed by atoms with Gasteiger partial charge in [0.15, 0.2) is 5.82 Å². The Kier molecular flexibility index (Phi) is 5.60. The molecule has 0 aromatic carbocycles. The second-order valence-corrected chi connectivity index (χ2v) is 7.92. The number of primary amides is 1. The van der Waals surface area contributed by atoms with Gasteiger partial charge in [-0.15, -0.1) is 5.10 Å². The third kappa shape index (κ3) is 4.22. The Bertz CT molecular complexity index is 1170. The second kappa shape index (κ2) is 8.35. The molecule has 3 heterocycles. The molecular weight excluding hydrogens is 416 g/mol. The number of rotatable bonds is 6. The second-order valence-electron chi connectivity index (χ2n) is 7.48. The fourth-order valence-electron chi connectivity index (χ4n) is 3.73. The molecule has 1 aliphatic rings. The molecule has 3 aromatic rings. The van der Waals surface area contributed by atoms with Gasteiger partial charge in [-0.25, -0.2) is 0 Å². The van der Waals surface area contributed by atoms with Crippen molar-refractivity contribution in [2.45, 2.75) is 38.5 Å². The number of hydrogen-bond acceptors (Lipinski definition) is 7. The normalized spacial score (nSPS) is 18.4. The van der Waals surface area contributed by atoms with Crippen LogP contribution < -0.4 is 5.73 Å². The SMILES string of the molecule is CCc1nnnn1C1=CC(Cc2cnc(C)cn2)(c2ccc(Cl)cn2)CC(C(N)=O)=C1. The van der Waals surface area contributed by atoms with Crippen LogP contribution >= 0.6 is 11.6 Å². The average Bonchev–Trinajstić information content (AvgIpc) is 3.24. The molecule has 3 aromatic heterocycles. The summed E-state index contributed by atoms with van der Waals surface area (Å²) in [6.07, 6.45) is 10.2. The van der Waals surface area contributed by atoms with E-state index in [-0.39, 0.29) is 0 Å². The zero-order valence-electron chi connectivity index (χ0n) is 17.2. The van der Waals surface area contributed by atoms with Gasteiger partial charge in [0, 0.05) is 42.4 Å². The molecule has 1 atom stereocenters. The van der Waals surface area contributed by atoms with Crippen LogP contribution in [0.15, 0.2) is 48.4 Å². The maximum atomic E-state index is 12.3. The number of aromatic nitrogens is 7. The lowest BCUT2D eigenvalue weighted by molar-refractivity contribution is -0.114. The number of amides is 1. The van der Waals surface area contributed by atoms with Gasteiger partial charge < -0.3 is 5.73 Å². The van der Waals surface area contributed by atoms with E-state index in [9.17, 15) is 4.79 Å². The van der Waals surface area contributed by atoms with Crippen LogP contribution in [0.3, 0.4) is 0 Å². The third-order valence-corrected chi connectivity index (χ3v) is 5.46. The molecule has 9 nitrogen and oxygen atoms in total. The Balaban J connectivity index is 1.91. The quantitative estimate of drug-likeness (QED) is 0.627. The van der Waals surface area contributed by atoms with Gasteiger partial charge in [0.05, 0.1) is 27.8 Å². The van der Waals surface area contributed by atoms with Crippen LogP contribution in [0, 0.1) is 6.92 Å². The zero-order valence-corrected chi connectivity index (χ0v) is 17.9. The maximum Gasteiger partial charge on any atom is 0.244 e. The van der Waals surface area contributed by atoms with Crippen LogP contribution in [0.2, 0.25) is 5.02 Å². The maximum absolute atomic E-state index is 12.3. The van der Waals surface area contributed by atoms with E-state index in [1.54, 1.807) is 35.4 Å². The molecule has 2 N–H and O–H groups in total. The summed E-state index contributed by atoms with van der Waals surface area (Å²) in [5.41, 5.74) is 8.42. The van der Waals surface area contributed by atoms with Gasteiger partial charge in [-0.2, -0.15) is 4.68 Å². The first-order chi connectivity index (χ1) is 14.9. The lowest BCUT2D eigenvalue weighted by Crippen LogP contribution is -2.34. The van der Waals surface area contributed by atoms with Gasteiger partial charge >= 0.3 is 0 Å². The number of nitrogens with zero attached hydrogens (tertiary/aromatic N) is 7. The summed E-state index contributed by atoms with van der Waals surface area (Å²) >= 11 is 6.09. The van der Waals surface area contributed by atoms with Gasteiger partial charge in [-0.3, -0.25) is 19.7 Å². The van der Waals surface area contributed by atoms with Gasteiger partial charge in [0.25, 0.3) is 0 Å². The number of carbonyl (C=O) groups is 1. The lowest BCUT2D eigenvalue weighted by Gasteiger charge is -2.34. The predicted molar refractivity (Wildman–Crippen MR) is 115 cm³/mol. The summed E-state index contributed by atoms with van der Waals surface area (Å²) in [7, 11) is 0. The Morgan fingerprint density at radius 1 is 1.23 bits per heavy atom. The van der Waals surface area contributed by atoms with Crippen molar-refractivity contribution in [2.75, 3.05) is 0 Å². The van der Waals surface area contributed by atoms with Gasteiger partial charge in [0.2, 0.25) is 5.91 Å². The Morgan fingerprint density at radius 2 is 2.06 bits per heavy atom. The Labute approximate surface area is 184 Å². The van der Waals surface area contributed by atoms with E-state index < -0.39 is 11.3 Å². The molecule has 10 heteroatoms. The fraction of sp³-hybridized carbons (Fsp3) is 0.286. The highest BCUT2D eigenvalue weighted by molar-refractivity contribution is 6.30. The molecule has 0 spiro atoms. The molecule has 1 unspecified atom stereocenters. The number of aryl methyl sites for hydroxylation is 2. The van der Waals surface area contributed by atoms with Crippen LogP contribution in [0.5, 0.6) is 0 Å². The van der Waals surface area contributed by atoms with E-state index in [0.717, 1.165) is 17.1 Å². The fourth-order valence-corrected chi connectivity index (χ4v) is 3.84. The van der Waals surface area contributed by atoms with Crippen molar-refractivity contribution in [3.63, 3.8) is 0 Å². The molecule has 0 saturated carbocycles. The molecule has 0 bridgehead atoms. The van der Waals surface area contributed by atoms with E-state index >= 15 is 0 Å². The van der Waals surface area contributed by atoms with Crippen LogP contribution in [0.4, 0.5) is 0 Å². The van der Waals surface area contributed by atoms with Gasteiger partial charge in [-0.1, -0.05) is 18.5 Å². The van der Waals surface area contributed by atoms with Crippen LogP contribution in [-0.4, -0.2) is 41.1 Å². The highest BCUT2D eigenvalue weighted by Gasteiger charge is 2.38. The van der Waals surface area contributed by atoms with E-state index in [0.29, 0.717) is 41.4 Å². The molecule has 0 fully saturated rings. The summed E-state index contributed by atoms with van der Waals surface area (Å²) < 4.78 is 1.62. The van der Waals surface area contributed by atoms with Crippen molar-refractivity contribution in [3.05, 3.63) is 76.4 Å². The van der Waals surface area contributed by atoms with E-state index in [1.165, 1.54) is 0 Å². The van der Waals surface area contributed by atoms with Crippen molar-refractivity contribution in [2.24, 2.45) is 5.73 Å². The van der Waals surface area contributed by atoms with Crippen molar-refractivity contribution in [3.8, 4) is 0 Å². The molecule has 31 heavy (non-hydrogen) atoms. The monoisotopic (exact) mass is 436 g/mol. The van der Waals surface area contributed by atoms with E-state index in [2.05, 4.69) is 30.5 Å². The molecular formula is C21H21ClN8O. The van der Waals surface area contributed by atoms with E-state index in [4.69, 9.17) is 17.3 Å². The van der Waals surface area contributed by atoms with Crippen molar-refractivity contribution >= 4 is 23.2 Å². The first kappa shape index (κ1) is 20.8. The lowest BCUT2D eigenvalue weighted by atomic mass is 9.71. The largest absolute Gasteiger partial charge is 0.366 e. The molecule has 0 aliphatic heterocycles. The van der Waals surface area contributed by atoms with Crippen LogP contribution in [0.25, 0.3) is 5.70 Å². The summed E-state index contributed by atoms with van der Waals surface area (Å²) in [6.45, 7) is 3.84. The first-order valence-electron chi connectivity index (χ1n) is 9.80. The van der Waals surface area contributed by atoms with Crippen LogP contribution in [0.1, 0.15) is 36.3 Å². The topological polar surface area (TPSA) is 125 Å². The minimum absolute atomic E-state index is 0.347. The Hall–Kier alpha value is -3.46. The summed E-state index contributed by atoms with van der Waals surface area (Å²) in [5, 5.41) is 12.5. The molecule has 0 radical (unpaired) electrons.